The highest BCUT2D eigenvalue weighted by Gasteiger charge is 2.05. The molecular weight excluding hydrogens is 220 g/mol. The van der Waals surface area contributed by atoms with Gasteiger partial charge < -0.3 is 15.0 Å². The van der Waals surface area contributed by atoms with E-state index < -0.39 is 5.97 Å². The molecule has 0 aliphatic carbocycles. The molecule has 0 heterocycles. The third-order valence-electron chi connectivity index (χ3n) is 1.77. The number of aldehydes is 1. The molecule has 0 fully saturated rings. The van der Waals surface area contributed by atoms with Crippen LogP contribution in [0, 0.1) is 0 Å². The molecule has 0 radical (unpaired) electrons. The number of aromatic hydroxyl groups is 1. The zero-order valence-corrected chi connectivity index (χ0v) is 9.67. The fourth-order valence-electron chi connectivity index (χ4n) is 0.973. The Hall–Kier alpha value is -2.10. The van der Waals surface area contributed by atoms with E-state index in [9.17, 15) is 9.59 Å². The topological polar surface area (TPSA) is 74.6 Å². The van der Waals surface area contributed by atoms with Gasteiger partial charge in [0, 0.05) is 6.42 Å². The molecule has 0 atom stereocenters. The molecule has 4 nitrogen and oxygen atoms in total. The summed E-state index contributed by atoms with van der Waals surface area (Å²) in [5.41, 5.74) is -0.0671. The van der Waals surface area contributed by atoms with Crippen molar-refractivity contribution in [1.29, 1.82) is 0 Å². The van der Waals surface area contributed by atoms with Crippen LogP contribution in [0.5, 0.6) is 5.75 Å². The van der Waals surface area contributed by atoms with Crippen molar-refractivity contribution < 1.29 is 19.8 Å². The average molecular weight is 236 g/mol. The Labute approximate surface area is 100 Å². The lowest BCUT2D eigenvalue weighted by atomic mass is 10.2. The third-order valence-corrected chi connectivity index (χ3v) is 1.77. The molecule has 0 saturated carbocycles. The predicted molar refractivity (Wildman–Crippen MR) is 65.2 cm³/mol. The van der Waals surface area contributed by atoms with Crippen molar-refractivity contribution in [2.75, 3.05) is 0 Å². The predicted octanol–water partition coefficient (Wildman–Crippen LogP) is 2.63. The van der Waals surface area contributed by atoms with Crippen molar-refractivity contribution >= 4 is 12.3 Å². The molecule has 1 aromatic carbocycles. The minimum atomic E-state index is -1.11. The summed E-state index contributed by atoms with van der Waals surface area (Å²) in [7, 11) is 0. The monoisotopic (exact) mass is 236 g/mol. The summed E-state index contributed by atoms with van der Waals surface area (Å²) in [5, 5.41) is 17.3. The Bertz CT molecular complexity index is 383. The number of aromatic carboxylic acids is 1. The van der Waals surface area contributed by atoms with Gasteiger partial charge in [0.15, 0.2) is 0 Å². The molecule has 0 bridgehead atoms. The van der Waals surface area contributed by atoms with Gasteiger partial charge in [-0.1, -0.05) is 31.2 Å². The van der Waals surface area contributed by atoms with Crippen LogP contribution in [0.25, 0.3) is 0 Å². The van der Waals surface area contributed by atoms with E-state index in [0.717, 1.165) is 12.7 Å². The molecule has 0 aromatic heterocycles. The van der Waals surface area contributed by atoms with Gasteiger partial charge in [0.25, 0.3) is 0 Å². The zero-order valence-electron chi connectivity index (χ0n) is 9.67. The van der Waals surface area contributed by atoms with Gasteiger partial charge in [0.1, 0.15) is 17.6 Å². The van der Waals surface area contributed by atoms with Gasteiger partial charge in [-0.25, -0.2) is 4.79 Å². The number of para-hydroxylation sites is 1. The lowest BCUT2D eigenvalue weighted by Gasteiger charge is -1.95. The summed E-state index contributed by atoms with van der Waals surface area (Å²) < 4.78 is 0. The van der Waals surface area contributed by atoms with E-state index in [2.05, 4.69) is 0 Å². The first kappa shape index (κ1) is 14.9. The number of phenols is 1. The summed E-state index contributed by atoms with van der Waals surface area (Å²) in [6, 6.07) is 5.81. The van der Waals surface area contributed by atoms with Crippen LogP contribution in [0.3, 0.4) is 0 Å². The maximum absolute atomic E-state index is 10.3. The molecular formula is C13H16O4. The second-order valence-corrected chi connectivity index (χ2v) is 3.10. The Morgan fingerprint density at radius 1 is 1.29 bits per heavy atom. The van der Waals surface area contributed by atoms with Gasteiger partial charge in [-0.05, 0) is 18.6 Å². The van der Waals surface area contributed by atoms with E-state index in [4.69, 9.17) is 10.2 Å². The van der Waals surface area contributed by atoms with Crippen LogP contribution in [0.4, 0.5) is 0 Å². The fraction of sp³-hybridized carbons (Fsp3) is 0.231. The van der Waals surface area contributed by atoms with Crippen LogP contribution in [-0.2, 0) is 4.79 Å². The average Bonchev–Trinajstić information content (AvgIpc) is 2.31. The van der Waals surface area contributed by atoms with E-state index >= 15 is 0 Å². The second-order valence-electron chi connectivity index (χ2n) is 3.10. The minimum Gasteiger partial charge on any atom is -0.507 e. The summed E-state index contributed by atoms with van der Waals surface area (Å²) in [6.45, 7) is 2.04. The van der Waals surface area contributed by atoms with Crippen LogP contribution < -0.4 is 0 Å². The van der Waals surface area contributed by atoms with Gasteiger partial charge in [0.05, 0.1) is 0 Å². The molecule has 0 amide bonds. The Morgan fingerprint density at radius 3 is 2.35 bits per heavy atom. The van der Waals surface area contributed by atoms with E-state index in [0.29, 0.717) is 6.42 Å². The highest BCUT2D eigenvalue weighted by Crippen LogP contribution is 2.14. The number of carbonyl (C=O) groups is 2. The van der Waals surface area contributed by atoms with E-state index in [1.54, 1.807) is 12.1 Å². The number of carboxylic acids is 1. The molecule has 0 unspecified atom stereocenters. The molecule has 1 aromatic rings. The Balaban J connectivity index is 0.000000325. The zero-order chi connectivity index (χ0) is 13.1. The molecule has 0 saturated heterocycles. The van der Waals surface area contributed by atoms with Crippen molar-refractivity contribution in [3.05, 3.63) is 42.0 Å². The highest BCUT2D eigenvalue weighted by molar-refractivity contribution is 5.90. The summed E-state index contributed by atoms with van der Waals surface area (Å²) >= 11 is 0. The molecule has 92 valence electrons. The molecule has 17 heavy (non-hydrogen) atoms. The van der Waals surface area contributed by atoms with Gasteiger partial charge in [-0.3, -0.25) is 0 Å². The smallest absolute Gasteiger partial charge is 0.339 e. The Kier molecular flexibility index (Phi) is 8.02. The van der Waals surface area contributed by atoms with Crippen LogP contribution in [-0.4, -0.2) is 22.5 Å². The van der Waals surface area contributed by atoms with Crippen molar-refractivity contribution in [2.45, 2.75) is 19.8 Å². The number of benzene rings is 1. The molecule has 1 rings (SSSR count). The SMILES string of the molecule is CC/C=C\CC=O.O=C(O)c1ccccc1O. The lowest BCUT2D eigenvalue weighted by molar-refractivity contribution is -0.107. The van der Waals surface area contributed by atoms with Gasteiger partial charge in [-0.2, -0.15) is 0 Å². The number of carboxylic acid groups (broad SMARTS) is 1. The van der Waals surface area contributed by atoms with Gasteiger partial charge >= 0.3 is 5.97 Å². The third kappa shape index (κ3) is 6.89. The van der Waals surface area contributed by atoms with Crippen LogP contribution in [0.2, 0.25) is 0 Å². The molecule has 4 heteroatoms. The van der Waals surface area contributed by atoms with E-state index in [-0.39, 0.29) is 11.3 Å². The van der Waals surface area contributed by atoms with Gasteiger partial charge in [-0.15, -0.1) is 0 Å². The fourth-order valence-corrected chi connectivity index (χ4v) is 0.973. The lowest BCUT2D eigenvalue weighted by Crippen LogP contribution is -1.95. The standard InChI is InChI=1S/C7H6O3.C6H10O/c8-6-4-2-1-3-5(6)7(9)10;1-2-3-4-5-6-7/h1-4,8H,(H,9,10);3-4,6H,2,5H2,1H3/b;4-3-. The number of hydrogen-bond donors (Lipinski definition) is 2. The highest BCUT2D eigenvalue weighted by atomic mass is 16.4. The van der Waals surface area contributed by atoms with Crippen LogP contribution in [0.1, 0.15) is 30.1 Å². The normalized spacial score (nSPS) is 9.47. The summed E-state index contributed by atoms with van der Waals surface area (Å²) in [6.07, 6.45) is 6.33. The minimum absolute atomic E-state index is 0.0671. The quantitative estimate of drug-likeness (QED) is 0.622. The second kappa shape index (κ2) is 9.15. The first-order chi connectivity index (χ1) is 8.13. The first-order valence-corrected chi connectivity index (χ1v) is 5.23. The largest absolute Gasteiger partial charge is 0.507 e. The van der Waals surface area contributed by atoms with Crippen molar-refractivity contribution in [1.82, 2.24) is 0 Å². The molecule has 0 aliphatic rings. The van der Waals surface area contributed by atoms with Crippen LogP contribution >= 0.6 is 0 Å². The van der Waals surface area contributed by atoms with E-state index in [1.807, 2.05) is 19.1 Å². The van der Waals surface area contributed by atoms with Crippen molar-refractivity contribution in [3.8, 4) is 5.75 Å². The number of hydrogen-bond acceptors (Lipinski definition) is 3. The van der Waals surface area contributed by atoms with Gasteiger partial charge in [0.2, 0.25) is 0 Å². The molecule has 2 N–H and O–H groups in total. The first-order valence-electron chi connectivity index (χ1n) is 5.23. The maximum Gasteiger partial charge on any atom is 0.339 e. The maximum atomic E-state index is 10.3. The Morgan fingerprint density at radius 2 is 1.94 bits per heavy atom. The van der Waals surface area contributed by atoms with Crippen LogP contribution in [0.15, 0.2) is 36.4 Å². The number of rotatable bonds is 4. The number of carbonyl (C=O) groups excluding carboxylic acids is 1. The van der Waals surface area contributed by atoms with Crippen molar-refractivity contribution in [3.63, 3.8) is 0 Å². The molecule has 0 aliphatic heterocycles. The number of allylic oxidation sites excluding steroid dienone is 2. The summed E-state index contributed by atoms with van der Waals surface area (Å²) in [5.74, 6) is -1.31. The van der Waals surface area contributed by atoms with E-state index in [1.165, 1.54) is 12.1 Å². The van der Waals surface area contributed by atoms with Crippen molar-refractivity contribution in [2.24, 2.45) is 0 Å². The molecule has 0 spiro atoms. The summed E-state index contributed by atoms with van der Waals surface area (Å²) in [4.78, 5) is 19.9.